The van der Waals surface area contributed by atoms with Crippen LogP contribution in [0.5, 0.6) is 0 Å². The highest BCUT2D eigenvalue weighted by molar-refractivity contribution is 7.98. The Hall–Kier alpha value is -3.09. The van der Waals surface area contributed by atoms with Crippen LogP contribution in [0, 0.1) is 0 Å². The summed E-state index contributed by atoms with van der Waals surface area (Å²) >= 11 is 7.60. The first-order chi connectivity index (χ1) is 14.7. The number of benzene rings is 2. The molecule has 0 atom stereocenters. The van der Waals surface area contributed by atoms with Gasteiger partial charge in [0.1, 0.15) is 5.76 Å². The Balaban J connectivity index is 1.54. The topological polar surface area (TPSA) is 60.9 Å². The lowest BCUT2D eigenvalue weighted by molar-refractivity contribution is 0.476. The van der Waals surface area contributed by atoms with Gasteiger partial charge in [-0.3, -0.25) is 14.3 Å². The van der Waals surface area contributed by atoms with Crippen LogP contribution in [0.3, 0.4) is 0 Å². The van der Waals surface area contributed by atoms with Crippen molar-refractivity contribution >= 4 is 45.2 Å². The molecule has 0 saturated carbocycles. The van der Waals surface area contributed by atoms with Crippen LogP contribution in [0.2, 0.25) is 5.02 Å². The summed E-state index contributed by atoms with van der Waals surface area (Å²) < 4.78 is 7.10. The smallest absolute Gasteiger partial charge is 0.262 e. The third kappa shape index (κ3) is 3.72. The van der Waals surface area contributed by atoms with Gasteiger partial charge in [-0.25, -0.2) is 4.98 Å². The number of fused-ring (bicyclic) bond motifs is 2. The minimum Gasteiger partial charge on any atom is -0.467 e. The summed E-state index contributed by atoms with van der Waals surface area (Å²) in [7, 11) is 0. The molecular weight excluding hydrogens is 418 g/mol. The first-order valence-corrected chi connectivity index (χ1v) is 10.7. The molecule has 0 unspecified atom stereocenters. The maximum Gasteiger partial charge on any atom is 0.262 e. The van der Waals surface area contributed by atoms with Gasteiger partial charge < -0.3 is 4.42 Å². The average molecular weight is 434 g/mol. The van der Waals surface area contributed by atoms with E-state index in [2.05, 4.69) is 6.07 Å². The third-order valence-electron chi connectivity index (χ3n) is 4.78. The van der Waals surface area contributed by atoms with Gasteiger partial charge in [-0.2, -0.15) is 0 Å². The average Bonchev–Trinajstić information content (AvgIpc) is 3.27. The summed E-state index contributed by atoms with van der Waals surface area (Å²) in [5, 5.41) is 2.77. The highest BCUT2D eigenvalue weighted by Crippen LogP contribution is 2.24. The van der Waals surface area contributed by atoms with Crippen molar-refractivity contribution in [2.75, 3.05) is 0 Å². The van der Waals surface area contributed by atoms with E-state index in [1.165, 1.54) is 11.8 Å². The number of aromatic nitrogens is 3. The lowest BCUT2D eigenvalue weighted by atomic mass is 10.2. The van der Waals surface area contributed by atoms with Crippen molar-refractivity contribution < 1.29 is 4.42 Å². The number of rotatable bonds is 5. The van der Waals surface area contributed by atoms with Crippen LogP contribution in [0.4, 0.5) is 0 Å². The van der Waals surface area contributed by atoms with Crippen molar-refractivity contribution in [3.63, 3.8) is 0 Å². The Morgan fingerprint density at radius 3 is 2.73 bits per heavy atom. The van der Waals surface area contributed by atoms with E-state index in [4.69, 9.17) is 26.0 Å². The SMILES string of the molecule is O=c1c2ccc(Cl)cc2nc(SCc2ccc3ccccc3n2)n1Cc1ccco1. The number of hydrogen-bond donors (Lipinski definition) is 0. The monoisotopic (exact) mass is 433 g/mol. The molecule has 0 aliphatic heterocycles. The van der Waals surface area contributed by atoms with Crippen molar-refractivity contribution in [2.45, 2.75) is 17.5 Å². The molecular formula is C23H16ClN3O2S. The third-order valence-corrected chi connectivity index (χ3v) is 6.03. The zero-order valence-corrected chi connectivity index (χ0v) is 17.4. The molecule has 3 aromatic heterocycles. The van der Waals surface area contributed by atoms with Gasteiger partial charge in [0.2, 0.25) is 0 Å². The van der Waals surface area contributed by atoms with Gasteiger partial charge in [0.15, 0.2) is 5.16 Å². The predicted octanol–water partition coefficient (Wildman–Crippen LogP) is 5.53. The Morgan fingerprint density at radius 1 is 0.967 bits per heavy atom. The first-order valence-electron chi connectivity index (χ1n) is 9.37. The van der Waals surface area contributed by atoms with Crippen molar-refractivity contribution in [3.8, 4) is 0 Å². The highest BCUT2D eigenvalue weighted by Gasteiger charge is 2.14. The van der Waals surface area contributed by atoms with Gasteiger partial charge in [0, 0.05) is 16.2 Å². The minimum absolute atomic E-state index is 0.123. The summed E-state index contributed by atoms with van der Waals surface area (Å²) in [6, 6.07) is 20.8. The number of furan rings is 1. The molecule has 0 aliphatic rings. The first kappa shape index (κ1) is 18.9. The second kappa shape index (κ2) is 7.97. The van der Waals surface area contributed by atoms with E-state index in [0.717, 1.165) is 16.6 Å². The molecule has 0 aliphatic carbocycles. The van der Waals surface area contributed by atoms with E-state index in [0.29, 0.717) is 39.1 Å². The van der Waals surface area contributed by atoms with E-state index < -0.39 is 0 Å². The summed E-state index contributed by atoms with van der Waals surface area (Å²) in [5.41, 5.74) is 2.32. The fourth-order valence-electron chi connectivity index (χ4n) is 3.31. The number of para-hydroxylation sites is 1. The fraction of sp³-hybridized carbons (Fsp3) is 0.0870. The lowest BCUT2D eigenvalue weighted by Crippen LogP contribution is -2.23. The maximum absolute atomic E-state index is 13.2. The number of nitrogens with zero attached hydrogens (tertiary/aromatic N) is 3. The second-order valence-electron chi connectivity index (χ2n) is 6.81. The van der Waals surface area contributed by atoms with Crippen LogP contribution in [0.25, 0.3) is 21.8 Å². The van der Waals surface area contributed by atoms with Gasteiger partial charge in [-0.15, -0.1) is 0 Å². The molecule has 5 rings (SSSR count). The molecule has 0 spiro atoms. The molecule has 7 heteroatoms. The minimum atomic E-state index is -0.123. The Labute approximate surface area is 181 Å². The second-order valence-corrected chi connectivity index (χ2v) is 8.19. The molecule has 0 bridgehead atoms. The summed E-state index contributed by atoms with van der Waals surface area (Å²) in [6.45, 7) is 0.310. The fourth-order valence-corrected chi connectivity index (χ4v) is 4.38. The molecule has 2 aromatic carbocycles. The molecule has 5 nitrogen and oxygen atoms in total. The van der Waals surface area contributed by atoms with Crippen LogP contribution < -0.4 is 5.56 Å². The van der Waals surface area contributed by atoms with Gasteiger partial charge in [0.05, 0.1) is 34.9 Å². The normalized spacial score (nSPS) is 11.4. The zero-order valence-electron chi connectivity index (χ0n) is 15.8. The number of hydrogen-bond acceptors (Lipinski definition) is 5. The predicted molar refractivity (Wildman–Crippen MR) is 120 cm³/mol. The quantitative estimate of drug-likeness (QED) is 0.269. The highest BCUT2D eigenvalue weighted by atomic mass is 35.5. The Morgan fingerprint density at radius 2 is 1.87 bits per heavy atom. The van der Waals surface area contributed by atoms with Gasteiger partial charge in [-0.1, -0.05) is 47.6 Å². The number of halogens is 1. The molecule has 5 aromatic rings. The molecule has 0 saturated heterocycles. The van der Waals surface area contributed by atoms with Gasteiger partial charge >= 0.3 is 0 Å². The van der Waals surface area contributed by atoms with E-state index in [1.807, 2.05) is 36.4 Å². The molecule has 30 heavy (non-hydrogen) atoms. The van der Waals surface area contributed by atoms with Crippen molar-refractivity contribution in [2.24, 2.45) is 0 Å². The van der Waals surface area contributed by atoms with E-state index >= 15 is 0 Å². The van der Waals surface area contributed by atoms with E-state index in [9.17, 15) is 4.79 Å². The Kier molecular flexibility index (Phi) is 5.02. The van der Waals surface area contributed by atoms with Crippen LogP contribution >= 0.6 is 23.4 Å². The molecule has 148 valence electrons. The van der Waals surface area contributed by atoms with Crippen molar-refractivity contribution in [3.05, 3.63) is 99.8 Å². The van der Waals surface area contributed by atoms with Crippen LogP contribution in [-0.2, 0) is 12.3 Å². The molecule has 0 radical (unpaired) electrons. The molecule has 3 heterocycles. The molecule has 0 amide bonds. The van der Waals surface area contributed by atoms with E-state index in [1.54, 1.807) is 35.1 Å². The largest absolute Gasteiger partial charge is 0.467 e. The number of pyridine rings is 1. The van der Waals surface area contributed by atoms with E-state index in [-0.39, 0.29) is 5.56 Å². The zero-order chi connectivity index (χ0) is 20.5. The Bertz CT molecular complexity index is 1410. The van der Waals surface area contributed by atoms with Crippen molar-refractivity contribution in [1.82, 2.24) is 14.5 Å². The van der Waals surface area contributed by atoms with Crippen LogP contribution in [-0.4, -0.2) is 14.5 Å². The van der Waals surface area contributed by atoms with Crippen molar-refractivity contribution in [1.29, 1.82) is 0 Å². The van der Waals surface area contributed by atoms with Crippen LogP contribution in [0.1, 0.15) is 11.5 Å². The maximum atomic E-state index is 13.2. The summed E-state index contributed by atoms with van der Waals surface area (Å²) in [4.78, 5) is 22.6. The summed E-state index contributed by atoms with van der Waals surface area (Å²) in [6.07, 6.45) is 1.60. The molecule has 0 fully saturated rings. The van der Waals surface area contributed by atoms with Gasteiger partial charge in [-0.05, 0) is 42.5 Å². The summed E-state index contributed by atoms with van der Waals surface area (Å²) in [5.74, 6) is 1.28. The standard InChI is InChI=1S/C23H16ClN3O2S/c24-16-8-10-19-21(12-16)26-23(27(22(19)28)13-18-5-3-11-29-18)30-14-17-9-7-15-4-1-2-6-20(15)25-17/h1-12H,13-14H2. The molecule has 0 N–H and O–H groups in total. The number of thioether (sulfide) groups is 1. The van der Waals surface area contributed by atoms with Gasteiger partial charge in [0.25, 0.3) is 5.56 Å². The van der Waals surface area contributed by atoms with Crippen LogP contribution in [0.15, 0.2) is 87.4 Å². The lowest BCUT2D eigenvalue weighted by Gasteiger charge is -2.12.